The zero-order valence-corrected chi connectivity index (χ0v) is 13.6. The van der Waals surface area contributed by atoms with Crippen molar-refractivity contribution in [2.75, 3.05) is 0 Å². The largest absolute Gasteiger partial charge is 0.423 e. The predicted molar refractivity (Wildman–Crippen MR) is 103 cm³/mol. The van der Waals surface area contributed by atoms with Crippen LogP contribution in [0, 0.1) is 0 Å². The molecular weight excluding hydrogens is 308 g/mol. The lowest BCUT2D eigenvalue weighted by Crippen LogP contribution is -2.04. The number of esters is 1. The van der Waals surface area contributed by atoms with Crippen LogP contribution in [-0.4, -0.2) is 5.97 Å². The van der Waals surface area contributed by atoms with Crippen molar-refractivity contribution in [1.29, 1.82) is 0 Å². The van der Waals surface area contributed by atoms with Gasteiger partial charge in [-0.15, -0.1) is 0 Å². The normalized spacial score (nSPS) is 11.2. The van der Waals surface area contributed by atoms with Crippen molar-refractivity contribution in [3.63, 3.8) is 0 Å². The number of fused-ring (bicyclic) bond motifs is 2. The first-order valence-corrected chi connectivity index (χ1v) is 8.17. The number of benzene rings is 4. The summed E-state index contributed by atoms with van der Waals surface area (Å²) in [5.41, 5.74) is 0.993. The van der Waals surface area contributed by atoms with E-state index in [9.17, 15) is 4.79 Å². The van der Waals surface area contributed by atoms with E-state index < -0.39 is 0 Å². The Labute approximate surface area is 146 Å². The van der Waals surface area contributed by atoms with Crippen molar-refractivity contribution >= 4 is 33.6 Å². The molecular formula is C23H16O2. The topological polar surface area (TPSA) is 26.3 Å². The minimum Gasteiger partial charge on any atom is -0.423 e. The van der Waals surface area contributed by atoms with Crippen molar-refractivity contribution in [3.05, 3.63) is 96.6 Å². The Morgan fingerprint density at radius 3 is 2.08 bits per heavy atom. The molecule has 2 nitrogen and oxygen atoms in total. The molecule has 2 heteroatoms. The molecule has 120 valence electrons. The van der Waals surface area contributed by atoms with Gasteiger partial charge in [0.1, 0.15) is 5.75 Å². The smallest absolute Gasteiger partial charge is 0.336 e. The van der Waals surface area contributed by atoms with E-state index in [-0.39, 0.29) is 5.97 Å². The molecule has 0 atom stereocenters. The van der Waals surface area contributed by atoms with Gasteiger partial charge in [-0.3, -0.25) is 0 Å². The highest BCUT2D eigenvalue weighted by molar-refractivity contribution is 5.97. The van der Waals surface area contributed by atoms with E-state index in [1.165, 1.54) is 6.08 Å². The summed E-state index contributed by atoms with van der Waals surface area (Å²) in [5.74, 6) is 0.190. The molecule has 0 radical (unpaired) electrons. The zero-order chi connectivity index (χ0) is 17.1. The third-order valence-corrected chi connectivity index (χ3v) is 4.18. The molecule has 25 heavy (non-hydrogen) atoms. The Morgan fingerprint density at radius 2 is 1.28 bits per heavy atom. The Balaban J connectivity index is 1.60. The minimum atomic E-state index is -0.385. The van der Waals surface area contributed by atoms with Gasteiger partial charge in [0, 0.05) is 11.5 Å². The highest BCUT2D eigenvalue weighted by Gasteiger charge is 2.05. The van der Waals surface area contributed by atoms with Gasteiger partial charge >= 0.3 is 5.97 Å². The molecule has 0 aliphatic heterocycles. The first kappa shape index (κ1) is 15.2. The van der Waals surface area contributed by atoms with E-state index in [4.69, 9.17) is 4.74 Å². The first-order chi connectivity index (χ1) is 12.3. The SMILES string of the molecule is O=C(/C=C/c1cccc2ccccc12)Oc1cccc2ccccc12. The van der Waals surface area contributed by atoms with Crippen molar-refractivity contribution in [3.8, 4) is 5.75 Å². The van der Waals surface area contributed by atoms with Gasteiger partial charge in [-0.25, -0.2) is 4.79 Å². The van der Waals surface area contributed by atoms with Crippen LogP contribution in [0.4, 0.5) is 0 Å². The summed E-state index contributed by atoms with van der Waals surface area (Å²) in [4.78, 5) is 12.3. The summed E-state index contributed by atoms with van der Waals surface area (Å²) < 4.78 is 5.54. The Hall–Kier alpha value is -3.39. The van der Waals surface area contributed by atoms with Crippen molar-refractivity contribution in [2.24, 2.45) is 0 Å². The summed E-state index contributed by atoms with van der Waals surface area (Å²) in [6.45, 7) is 0. The third kappa shape index (κ3) is 3.15. The van der Waals surface area contributed by atoms with Crippen molar-refractivity contribution in [1.82, 2.24) is 0 Å². The molecule has 0 aliphatic rings. The molecule has 4 aromatic carbocycles. The van der Waals surface area contributed by atoms with Gasteiger partial charge in [-0.05, 0) is 33.9 Å². The van der Waals surface area contributed by atoms with E-state index in [1.54, 1.807) is 6.08 Å². The monoisotopic (exact) mass is 324 g/mol. The molecule has 0 fully saturated rings. The maximum Gasteiger partial charge on any atom is 0.336 e. The van der Waals surface area contributed by atoms with Crippen LogP contribution in [-0.2, 0) is 4.79 Å². The molecule has 0 saturated carbocycles. The molecule has 4 rings (SSSR count). The second kappa shape index (κ2) is 6.62. The lowest BCUT2D eigenvalue weighted by molar-refractivity contribution is -0.128. The highest BCUT2D eigenvalue weighted by Crippen LogP contribution is 2.25. The van der Waals surface area contributed by atoms with E-state index in [0.29, 0.717) is 5.75 Å². The second-order valence-electron chi connectivity index (χ2n) is 5.80. The van der Waals surface area contributed by atoms with Gasteiger partial charge in [0.25, 0.3) is 0 Å². The van der Waals surface area contributed by atoms with Crippen LogP contribution < -0.4 is 4.74 Å². The fourth-order valence-corrected chi connectivity index (χ4v) is 2.98. The lowest BCUT2D eigenvalue weighted by Gasteiger charge is -2.06. The molecule has 4 aromatic rings. The zero-order valence-electron chi connectivity index (χ0n) is 13.6. The lowest BCUT2D eigenvalue weighted by atomic mass is 10.0. The molecule has 0 unspecified atom stereocenters. The maximum atomic E-state index is 12.3. The molecule has 0 spiro atoms. The molecule has 0 saturated heterocycles. The van der Waals surface area contributed by atoms with Crippen molar-refractivity contribution in [2.45, 2.75) is 0 Å². The van der Waals surface area contributed by atoms with Gasteiger partial charge in [0.2, 0.25) is 0 Å². The van der Waals surface area contributed by atoms with Gasteiger partial charge in [0.15, 0.2) is 0 Å². The van der Waals surface area contributed by atoms with Gasteiger partial charge in [0.05, 0.1) is 0 Å². The molecule has 0 bridgehead atoms. The number of carbonyl (C=O) groups excluding carboxylic acids is 1. The number of rotatable bonds is 3. The first-order valence-electron chi connectivity index (χ1n) is 8.17. The van der Waals surface area contributed by atoms with Crippen LogP contribution in [0.1, 0.15) is 5.56 Å². The van der Waals surface area contributed by atoms with Gasteiger partial charge in [-0.2, -0.15) is 0 Å². The molecule has 0 amide bonds. The standard InChI is InChI=1S/C23H16O2/c24-23(25-22-14-6-11-18-8-2-4-13-21(18)22)16-15-19-10-5-9-17-7-1-3-12-20(17)19/h1-16H/b16-15+. The van der Waals surface area contributed by atoms with Gasteiger partial charge < -0.3 is 4.74 Å². The highest BCUT2D eigenvalue weighted by atomic mass is 16.5. The summed E-state index contributed by atoms with van der Waals surface area (Å²) in [6, 6.07) is 27.7. The van der Waals surface area contributed by atoms with Crippen LogP contribution in [0.15, 0.2) is 91.0 Å². The Bertz CT molecular complexity index is 1080. The van der Waals surface area contributed by atoms with Crippen molar-refractivity contribution < 1.29 is 9.53 Å². The average molecular weight is 324 g/mol. The molecule has 0 aromatic heterocycles. The van der Waals surface area contributed by atoms with Crippen LogP contribution in [0.5, 0.6) is 5.75 Å². The summed E-state index contributed by atoms with van der Waals surface area (Å²) in [7, 11) is 0. The molecule has 0 heterocycles. The molecule has 0 aliphatic carbocycles. The fourth-order valence-electron chi connectivity index (χ4n) is 2.98. The van der Waals surface area contributed by atoms with Crippen LogP contribution >= 0.6 is 0 Å². The Morgan fingerprint density at radius 1 is 0.680 bits per heavy atom. The van der Waals surface area contributed by atoms with Crippen LogP contribution in [0.3, 0.4) is 0 Å². The third-order valence-electron chi connectivity index (χ3n) is 4.18. The van der Waals surface area contributed by atoms with Crippen LogP contribution in [0.2, 0.25) is 0 Å². The quantitative estimate of drug-likeness (QED) is 0.278. The van der Waals surface area contributed by atoms with Gasteiger partial charge in [-0.1, -0.05) is 78.9 Å². The van der Waals surface area contributed by atoms with E-state index in [0.717, 1.165) is 27.1 Å². The minimum absolute atomic E-state index is 0.385. The summed E-state index contributed by atoms with van der Waals surface area (Å²) >= 11 is 0. The Kier molecular flexibility index (Phi) is 4.01. The predicted octanol–water partition coefficient (Wildman–Crippen LogP) is 5.61. The number of ether oxygens (including phenoxy) is 1. The van der Waals surface area contributed by atoms with E-state index in [2.05, 4.69) is 12.1 Å². The molecule has 0 N–H and O–H groups in total. The van der Waals surface area contributed by atoms with Crippen LogP contribution in [0.25, 0.3) is 27.6 Å². The van der Waals surface area contributed by atoms with E-state index >= 15 is 0 Å². The van der Waals surface area contributed by atoms with E-state index in [1.807, 2.05) is 72.8 Å². The summed E-state index contributed by atoms with van der Waals surface area (Å²) in [6.07, 6.45) is 3.28. The summed E-state index contributed by atoms with van der Waals surface area (Å²) in [5, 5.41) is 4.23. The fraction of sp³-hybridized carbons (Fsp3) is 0. The number of hydrogen-bond acceptors (Lipinski definition) is 2. The maximum absolute atomic E-state index is 12.3. The number of carbonyl (C=O) groups is 1. The second-order valence-corrected chi connectivity index (χ2v) is 5.80. The average Bonchev–Trinajstić information content (AvgIpc) is 2.66. The number of hydrogen-bond donors (Lipinski definition) is 0.